The van der Waals surface area contributed by atoms with Crippen molar-refractivity contribution in [3.63, 3.8) is 0 Å². The van der Waals surface area contributed by atoms with Crippen LogP contribution in [0.15, 0.2) is 24.3 Å². The average Bonchev–Trinajstić information content (AvgIpc) is 3.01. The number of anilines is 1. The van der Waals surface area contributed by atoms with Gasteiger partial charge >= 0.3 is 6.03 Å². The lowest BCUT2D eigenvalue weighted by molar-refractivity contribution is -0.120. The van der Waals surface area contributed by atoms with Gasteiger partial charge in [-0.3, -0.25) is 19.8 Å². The second-order valence-corrected chi connectivity index (χ2v) is 6.04. The summed E-state index contributed by atoms with van der Waals surface area (Å²) in [6.07, 6.45) is -0.548. The zero-order valence-corrected chi connectivity index (χ0v) is 14.0. The molecule has 0 radical (unpaired) electrons. The number of carbonyl (C=O) groups is 3. The highest BCUT2D eigenvalue weighted by Gasteiger charge is 2.36. The smallest absolute Gasteiger partial charge is 0.328 e. The number of carbonyl (C=O) groups excluding carboxylic acids is 3. The van der Waals surface area contributed by atoms with Gasteiger partial charge in [-0.1, -0.05) is 12.1 Å². The summed E-state index contributed by atoms with van der Waals surface area (Å²) >= 11 is 0. The van der Waals surface area contributed by atoms with Crippen LogP contribution in [0.25, 0.3) is 0 Å². The van der Waals surface area contributed by atoms with Crippen LogP contribution < -0.4 is 10.2 Å². The van der Waals surface area contributed by atoms with Crippen molar-refractivity contribution in [2.24, 2.45) is 0 Å². The fourth-order valence-electron chi connectivity index (χ4n) is 3.20. The summed E-state index contributed by atoms with van der Waals surface area (Å²) in [7, 11) is 0. The number of hydrogen-bond donors (Lipinski definition) is 2. The summed E-state index contributed by atoms with van der Waals surface area (Å²) in [5.74, 6) is -0.608. The molecule has 0 unspecified atom stereocenters. The maximum absolute atomic E-state index is 13.1. The minimum Gasteiger partial charge on any atom is -0.388 e. The Balaban J connectivity index is 1.90. The topological polar surface area (TPSA) is 99.2 Å². The second kappa shape index (κ2) is 7.20. The van der Waals surface area contributed by atoms with Crippen LogP contribution in [-0.4, -0.2) is 66.3 Å². The maximum atomic E-state index is 13.1. The first-order valence-electron chi connectivity index (χ1n) is 8.30. The molecule has 2 aliphatic rings. The number of likely N-dealkylation sites (N-methyl/N-ethyl adjacent to an activating group) is 1. The van der Waals surface area contributed by atoms with Crippen molar-refractivity contribution in [3.05, 3.63) is 29.8 Å². The normalized spacial score (nSPS) is 23.5. The molecule has 25 heavy (non-hydrogen) atoms. The van der Waals surface area contributed by atoms with Crippen molar-refractivity contribution in [1.82, 2.24) is 10.2 Å². The van der Waals surface area contributed by atoms with E-state index in [1.54, 1.807) is 29.2 Å². The fourth-order valence-corrected chi connectivity index (χ4v) is 3.20. The molecular weight excluding hydrogens is 326 g/mol. The number of amides is 4. The van der Waals surface area contributed by atoms with E-state index >= 15 is 0 Å². The van der Waals surface area contributed by atoms with Gasteiger partial charge in [-0.2, -0.15) is 0 Å². The lowest BCUT2D eigenvalue weighted by Crippen LogP contribution is -2.51. The Morgan fingerprint density at radius 1 is 1.36 bits per heavy atom. The van der Waals surface area contributed by atoms with Crippen LogP contribution >= 0.6 is 0 Å². The van der Waals surface area contributed by atoms with E-state index in [0.29, 0.717) is 17.8 Å². The van der Waals surface area contributed by atoms with Gasteiger partial charge < -0.3 is 14.7 Å². The van der Waals surface area contributed by atoms with Gasteiger partial charge in [-0.15, -0.1) is 0 Å². The van der Waals surface area contributed by atoms with E-state index in [4.69, 9.17) is 4.74 Å². The number of imide groups is 1. The third-order valence-electron chi connectivity index (χ3n) is 4.50. The molecule has 0 aliphatic carbocycles. The lowest BCUT2D eigenvalue weighted by atomic mass is 10.1. The van der Waals surface area contributed by atoms with Gasteiger partial charge in [0.25, 0.3) is 5.91 Å². The predicted octanol–water partition coefficient (Wildman–Crippen LogP) is 0.355. The number of para-hydroxylation sites is 1. The van der Waals surface area contributed by atoms with E-state index in [1.165, 1.54) is 4.90 Å². The van der Waals surface area contributed by atoms with Crippen LogP contribution in [0.4, 0.5) is 10.5 Å². The van der Waals surface area contributed by atoms with E-state index in [2.05, 4.69) is 5.32 Å². The third-order valence-corrected chi connectivity index (χ3v) is 4.50. The van der Waals surface area contributed by atoms with Crippen LogP contribution in [0.1, 0.15) is 23.7 Å². The number of aliphatic hydroxyl groups excluding tert-OH is 1. The number of urea groups is 1. The van der Waals surface area contributed by atoms with Crippen LogP contribution in [0.2, 0.25) is 0 Å². The highest BCUT2D eigenvalue weighted by atomic mass is 16.5. The zero-order chi connectivity index (χ0) is 18.0. The molecule has 134 valence electrons. The highest BCUT2D eigenvalue weighted by Crippen LogP contribution is 2.25. The lowest BCUT2D eigenvalue weighted by Gasteiger charge is -2.32. The standard InChI is InChI=1S/C17H21N3O5/c1-2-19(13-9-25-10-14(13)21)16(23)11-5-3-4-6-12(11)20-8-7-15(22)18-17(20)24/h3-6,13-14,21H,2,7-10H2,1H3,(H,18,22,24)/t13-,14-/m1/s1. The Labute approximate surface area is 145 Å². The number of benzene rings is 1. The van der Waals surface area contributed by atoms with Crippen LogP contribution in [0, 0.1) is 0 Å². The molecule has 8 heteroatoms. The van der Waals surface area contributed by atoms with E-state index in [1.807, 2.05) is 6.92 Å². The van der Waals surface area contributed by atoms with Crippen molar-refractivity contribution in [3.8, 4) is 0 Å². The van der Waals surface area contributed by atoms with Crippen molar-refractivity contribution >= 4 is 23.5 Å². The number of nitrogens with one attached hydrogen (secondary N) is 1. The molecule has 2 atom stereocenters. The molecule has 0 spiro atoms. The molecule has 0 saturated carbocycles. The SMILES string of the molecule is CCN(C(=O)c1ccccc1N1CCC(=O)NC1=O)[C@@H]1COC[C@H]1O. The minimum atomic E-state index is -0.730. The largest absolute Gasteiger partial charge is 0.388 e. The summed E-state index contributed by atoms with van der Waals surface area (Å²) in [6.45, 7) is 2.94. The Morgan fingerprint density at radius 2 is 2.12 bits per heavy atom. The van der Waals surface area contributed by atoms with Gasteiger partial charge in [0, 0.05) is 19.5 Å². The number of ether oxygens (including phenoxy) is 1. The molecule has 0 aromatic heterocycles. The molecule has 2 aliphatic heterocycles. The first kappa shape index (κ1) is 17.4. The third kappa shape index (κ3) is 3.35. The average molecular weight is 347 g/mol. The second-order valence-electron chi connectivity index (χ2n) is 6.04. The molecule has 1 aromatic carbocycles. The quantitative estimate of drug-likeness (QED) is 0.819. The van der Waals surface area contributed by atoms with E-state index in [9.17, 15) is 19.5 Å². The Kier molecular flexibility index (Phi) is 5.00. The first-order valence-corrected chi connectivity index (χ1v) is 8.30. The van der Waals surface area contributed by atoms with Gasteiger partial charge in [-0.25, -0.2) is 4.79 Å². The summed E-state index contributed by atoms with van der Waals surface area (Å²) < 4.78 is 5.26. The summed E-state index contributed by atoms with van der Waals surface area (Å²) in [5, 5.41) is 12.3. The molecule has 2 saturated heterocycles. The van der Waals surface area contributed by atoms with E-state index in [-0.39, 0.29) is 38.0 Å². The molecule has 2 fully saturated rings. The highest BCUT2D eigenvalue weighted by molar-refractivity contribution is 6.09. The Morgan fingerprint density at radius 3 is 2.76 bits per heavy atom. The molecule has 1 aromatic rings. The minimum absolute atomic E-state index is 0.181. The van der Waals surface area contributed by atoms with E-state index in [0.717, 1.165) is 0 Å². The maximum Gasteiger partial charge on any atom is 0.328 e. The predicted molar refractivity (Wildman–Crippen MR) is 89.3 cm³/mol. The van der Waals surface area contributed by atoms with Gasteiger partial charge in [0.05, 0.1) is 36.6 Å². The molecule has 2 N–H and O–H groups in total. The van der Waals surface area contributed by atoms with Gasteiger partial charge in [-0.05, 0) is 19.1 Å². The van der Waals surface area contributed by atoms with Gasteiger partial charge in [0.1, 0.15) is 0 Å². The number of aliphatic hydroxyl groups is 1. The van der Waals surface area contributed by atoms with Crippen molar-refractivity contribution < 1.29 is 24.2 Å². The monoisotopic (exact) mass is 347 g/mol. The Hall–Kier alpha value is -2.45. The molecule has 0 bridgehead atoms. The van der Waals surface area contributed by atoms with Crippen LogP contribution in [-0.2, 0) is 9.53 Å². The van der Waals surface area contributed by atoms with Crippen LogP contribution in [0.5, 0.6) is 0 Å². The molecule has 8 nitrogen and oxygen atoms in total. The molecule has 3 rings (SSSR count). The van der Waals surface area contributed by atoms with Crippen LogP contribution in [0.3, 0.4) is 0 Å². The summed E-state index contributed by atoms with van der Waals surface area (Å²) in [4.78, 5) is 39.5. The zero-order valence-electron chi connectivity index (χ0n) is 14.0. The Bertz CT molecular complexity index is 693. The number of nitrogens with zero attached hydrogens (tertiary/aromatic N) is 2. The summed E-state index contributed by atoms with van der Waals surface area (Å²) in [6, 6.07) is 5.83. The van der Waals surface area contributed by atoms with Crippen molar-refractivity contribution in [2.75, 3.05) is 31.2 Å². The molecule has 2 heterocycles. The number of hydrogen-bond acceptors (Lipinski definition) is 5. The van der Waals surface area contributed by atoms with Gasteiger partial charge in [0.2, 0.25) is 5.91 Å². The van der Waals surface area contributed by atoms with Gasteiger partial charge in [0.15, 0.2) is 0 Å². The number of rotatable bonds is 4. The molecular formula is C17H21N3O5. The van der Waals surface area contributed by atoms with Crippen molar-refractivity contribution in [2.45, 2.75) is 25.5 Å². The molecule has 4 amide bonds. The van der Waals surface area contributed by atoms with E-state index < -0.39 is 18.2 Å². The summed E-state index contributed by atoms with van der Waals surface area (Å²) in [5.41, 5.74) is 0.803. The first-order chi connectivity index (χ1) is 12.0. The van der Waals surface area contributed by atoms with Crippen molar-refractivity contribution in [1.29, 1.82) is 0 Å². The fraction of sp³-hybridized carbons (Fsp3) is 0.471.